The topological polar surface area (TPSA) is 88.2 Å². The summed E-state index contributed by atoms with van der Waals surface area (Å²) in [6.07, 6.45) is 0. The molecule has 0 radical (unpaired) electrons. The quantitative estimate of drug-likeness (QED) is 0.609. The van der Waals surface area contributed by atoms with Crippen molar-refractivity contribution in [2.24, 2.45) is 0 Å². The standard InChI is InChI=1S/C20H19F2N3O3S2/c1-10-7-14(9-17(11(10)2)30(27,28)23-4)19(26)25-20-24-18(12(3)29-20)13-5-6-15(21)16(22)8-13/h5-9,23H,1-4H3,(H,24,25,26). The Morgan fingerprint density at radius 2 is 1.77 bits per heavy atom. The summed E-state index contributed by atoms with van der Waals surface area (Å²) < 4.78 is 53.5. The summed E-state index contributed by atoms with van der Waals surface area (Å²) in [5, 5.41) is 2.90. The number of carbonyl (C=O) groups excluding carboxylic acids is 1. The zero-order chi connectivity index (χ0) is 22.2. The van der Waals surface area contributed by atoms with Crippen LogP contribution in [0.3, 0.4) is 0 Å². The van der Waals surface area contributed by atoms with Crippen LogP contribution < -0.4 is 10.0 Å². The van der Waals surface area contributed by atoms with Crippen LogP contribution in [0.25, 0.3) is 11.3 Å². The van der Waals surface area contributed by atoms with Crippen molar-refractivity contribution in [3.8, 4) is 11.3 Å². The molecule has 0 aliphatic heterocycles. The van der Waals surface area contributed by atoms with Gasteiger partial charge in [-0.1, -0.05) is 0 Å². The lowest BCUT2D eigenvalue weighted by molar-refractivity contribution is 0.102. The lowest BCUT2D eigenvalue weighted by atomic mass is 10.1. The second kappa shape index (κ2) is 8.21. The zero-order valence-electron chi connectivity index (χ0n) is 16.6. The molecule has 0 aliphatic rings. The molecule has 158 valence electrons. The number of rotatable bonds is 5. The molecule has 0 unspecified atom stereocenters. The minimum absolute atomic E-state index is 0.0212. The summed E-state index contributed by atoms with van der Waals surface area (Å²) in [5.74, 6) is -2.47. The predicted octanol–water partition coefficient (Wildman–Crippen LogP) is 4.17. The summed E-state index contributed by atoms with van der Waals surface area (Å²) in [6, 6.07) is 6.36. The number of aryl methyl sites for hydroxylation is 2. The molecule has 10 heteroatoms. The molecule has 0 saturated heterocycles. The molecule has 1 heterocycles. The Balaban J connectivity index is 1.93. The number of aromatic nitrogens is 1. The highest BCUT2D eigenvalue weighted by atomic mass is 32.2. The fraction of sp³-hybridized carbons (Fsp3) is 0.200. The van der Waals surface area contributed by atoms with E-state index in [0.717, 1.165) is 12.1 Å². The Labute approximate surface area is 177 Å². The number of amides is 1. The smallest absolute Gasteiger partial charge is 0.257 e. The van der Waals surface area contributed by atoms with Gasteiger partial charge < -0.3 is 0 Å². The third kappa shape index (κ3) is 4.25. The first-order chi connectivity index (χ1) is 14.0. The Morgan fingerprint density at radius 3 is 2.40 bits per heavy atom. The van der Waals surface area contributed by atoms with Crippen LogP contribution in [0.15, 0.2) is 35.2 Å². The van der Waals surface area contributed by atoms with E-state index in [4.69, 9.17) is 0 Å². The van der Waals surface area contributed by atoms with Gasteiger partial charge >= 0.3 is 0 Å². The van der Waals surface area contributed by atoms with Gasteiger partial charge in [0, 0.05) is 16.0 Å². The van der Waals surface area contributed by atoms with E-state index in [1.807, 2.05) is 0 Å². The Hall–Kier alpha value is -2.69. The number of nitrogens with zero attached hydrogens (tertiary/aromatic N) is 1. The fourth-order valence-corrected chi connectivity index (χ4v) is 4.77. The predicted molar refractivity (Wildman–Crippen MR) is 112 cm³/mol. The molecular formula is C20H19F2N3O3S2. The van der Waals surface area contributed by atoms with Crippen LogP contribution in [-0.4, -0.2) is 26.4 Å². The Morgan fingerprint density at radius 1 is 1.07 bits per heavy atom. The molecule has 2 aromatic carbocycles. The van der Waals surface area contributed by atoms with Crippen molar-refractivity contribution in [3.05, 3.63) is 63.5 Å². The average molecular weight is 452 g/mol. The van der Waals surface area contributed by atoms with E-state index in [1.54, 1.807) is 26.8 Å². The molecule has 30 heavy (non-hydrogen) atoms. The van der Waals surface area contributed by atoms with Gasteiger partial charge in [0.05, 0.1) is 10.6 Å². The maximum Gasteiger partial charge on any atom is 0.257 e. The van der Waals surface area contributed by atoms with Crippen LogP contribution in [0, 0.1) is 32.4 Å². The highest BCUT2D eigenvalue weighted by Gasteiger charge is 2.20. The van der Waals surface area contributed by atoms with Crippen LogP contribution in [0.5, 0.6) is 0 Å². The molecule has 1 amide bonds. The molecule has 0 saturated carbocycles. The van der Waals surface area contributed by atoms with E-state index >= 15 is 0 Å². The van der Waals surface area contributed by atoms with Crippen LogP contribution in [0.4, 0.5) is 13.9 Å². The summed E-state index contributed by atoms with van der Waals surface area (Å²) in [5.41, 5.74) is 2.17. The van der Waals surface area contributed by atoms with Gasteiger partial charge in [-0.3, -0.25) is 10.1 Å². The molecule has 0 spiro atoms. The van der Waals surface area contributed by atoms with Gasteiger partial charge in [-0.25, -0.2) is 26.9 Å². The third-order valence-corrected chi connectivity index (χ3v) is 7.08. The van der Waals surface area contributed by atoms with Gasteiger partial charge in [0.25, 0.3) is 5.91 Å². The van der Waals surface area contributed by atoms with Crippen molar-refractivity contribution < 1.29 is 22.0 Å². The SMILES string of the molecule is CNS(=O)(=O)c1cc(C(=O)Nc2nc(-c3ccc(F)c(F)c3)c(C)s2)cc(C)c1C. The fourth-order valence-electron chi connectivity index (χ4n) is 2.88. The van der Waals surface area contributed by atoms with Gasteiger partial charge in [0.15, 0.2) is 16.8 Å². The first-order valence-corrected chi connectivity index (χ1v) is 11.1. The van der Waals surface area contributed by atoms with Gasteiger partial charge in [0.2, 0.25) is 10.0 Å². The molecule has 0 atom stereocenters. The third-order valence-electron chi connectivity index (χ3n) is 4.65. The molecule has 0 aliphatic carbocycles. The molecule has 3 aromatic rings. The normalized spacial score (nSPS) is 11.5. The minimum atomic E-state index is -3.74. The van der Waals surface area contributed by atoms with E-state index in [9.17, 15) is 22.0 Å². The summed E-state index contributed by atoms with van der Waals surface area (Å²) in [7, 11) is -2.44. The van der Waals surface area contributed by atoms with Crippen molar-refractivity contribution in [2.75, 3.05) is 12.4 Å². The van der Waals surface area contributed by atoms with Crippen molar-refractivity contribution in [3.63, 3.8) is 0 Å². The molecule has 3 rings (SSSR count). The number of halogens is 2. The van der Waals surface area contributed by atoms with Crippen LogP contribution in [0.2, 0.25) is 0 Å². The summed E-state index contributed by atoms with van der Waals surface area (Å²) >= 11 is 1.17. The number of thiazole rings is 1. The van der Waals surface area contributed by atoms with Crippen LogP contribution >= 0.6 is 11.3 Å². The van der Waals surface area contributed by atoms with E-state index < -0.39 is 27.6 Å². The molecule has 0 fully saturated rings. The van der Waals surface area contributed by atoms with E-state index in [1.165, 1.54) is 30.5 Å². The minimum Gasteiger partial charge on any atom is -0.298 e. The monoisotopic (exact) mass is 451 g/mol. The maximum absolute atomic E-state index is 13.5. The zero-order valence-corrected chi connectivity index (χ0v) is 18.3. The van der Waals surface area contributed by atoms with Crippen LogP contribution in [-0.2, 0) is 10.0 Å². The molecular weight excluding hydrogens is 432 g/mol. The Kier molecular flexibility index (Phi) is 6.02. The van der Waals surface area contributed by atoms with E-state index in [-0.39, 0.29) is 15.6 Å². The van der Waals surface area contributed by atoms with Gasteiger partial charge in [-0.05, 0) is 69.3 Å². The number of sulfonamides is 1. The summed E-state index contributed by atoms with van der Waals surface area (Å²) in [4.78, 5) is 17.8. The van der Waals surface area contributed by atoms with Gasteiger partial charge in [-0.2, -0.15) is 0 Å². The average Bonchev–Trinajstić information content (AvgIpc) is 3.05. The number of hydrogen-bond donors (Lipinski definition) is 2. The highest BCUT2D eigenvalue weighted by Crippen LogP contribution is 2.31. The largest absolute Gasteiger partial charge is 0.298 e. The Bertz CT molecular complexity index is 1250. The number of carbonyl (C=O) groups is 1. The van der Waals surface area contributed by atoms with E-state index in [0.29, 0.717) is 27.3 Å². The molecule has 2 N–H and O–H groups in total. The van der Waals surface area contributed by atoms with Gasteiger partial charge in [0.1, 0.15) is 0 Å². The lowest BCUT2D eigenvalue weighted by Gasteiger charge is -2.12. The van der Waals surface area contributed by atoms with Crippen molar-refractivity contribution >= 4 is 32.4 Å². The second-order valence-corrected chi connectivity index (χ2v) is 9.69. The lowest BCUT2D eigenvalue weighted by Crippen LogP contribution is -2.21. The van der Waals surface area contributed by atoms with E-state index in [2.05, 4.69) is 15.0 Å². The van der Waals surface area contributed by atoms with Crippen molar-refractivity contribution in [1.29, 1.82) is 0 Å². The number of benzene rings is 2. The first kappa shape index (κ1) is 22.0. The summed E-state index contributed by atoms with van der Waals surface area (Å²) in [6.45, 7) is 5.13. The number of nitrogens with one attached hydrogen (secondary N) is 2. The molecule has 0 bridgehead atoms. The highest BCUT2D eigenvalue weighted by molar-refractivity contribution is 7.89. The second-order valence-electron chi connectivity index (χ2n) is 6.63. The van der Waals surface area contributed by atoms with Crippen molar-refractivity contribution in [2.45, 2.75) is 25.7 Å². The molecule has 6 nitrogen and oxygen atoms in total. The first-order valence-electron chi connectivity index (χ1n) is 8.82. The number of anilines is 1. The molecule has 1 aromatic heterocycles. The van der Waals surface area contributed by atoms with Crippen molar-refractivity contribution in [1.82, 2.24) is 9.71 Å². The number of hydrogen-bond acceptors (Lipinski definition) is 5. The maximum atomic E-state index is 13.5. The van der Waals surface area contributed by atoms with Crippen LogP contribution in [0.1, 0.15) is 26.4 Å². The van der Waals surface area contributed by atoms with Gasteiger partial charge in [-0.15, -0.1) is 11.3 Å².